The molecule has 7 heteroatoms. The van der Waals surface area contributed by atoms with Crippen LogP contribution in [0.2, 0.25) is 0 Å². The van der Waals surface area contributed by atoms with Gasteiger partial charge in [0.25, 0.3) is 0 Å². The Hall–Kier alpha value is -0.630. The number of nitrogens with one attached hydrogen (secondary N) is 1. The summed E-state index contributed by atoms with van der Waals surface area (Å²) in [6.45, 7) is 2.81. The number of aryl methyl sites for hydroxylation is 1. The van der Waals surface area contributed by atoms with Gasteiger partial charge in [0.1, 0.15) is 0 Å². The Morgan fingerprint density at radius 2 is 2.20 bits per heavy atom. The minimum absolute atomic E-state index is 0.0298. The lowest BCUT2D eigenvalue weighted by molar-refractivity contribution is 0.166. The van der Waals surface area contributed by atoms with E-state index in [-0.39, 0.29) is 12.5 Å². The number of hydrogen-bond acceptors (Lipinski definition) is 3. The van der Waals surface area contributed by atoms with Gasteiger partial charge in [-0.15, -0.1) is 0 Å². The van der Waals surface area contributed by atoms with E-state index in [4.69, 9.17) is 0 Å². The summed E-state index contributed by atoms with van der Waals surface area (Å²) in [6.07, 6.45) is 1.65. The number of rotatable bonds is 4. The smallest absolute Gasteiger partial charge is 0.301 e. The summed E-state index contributed by atoms with van der Waals surface area (Å²) < 4.78 is 29.6. The van der Waals surface area contributed by atoms with Crippen LogP contribution in [0, 0.1) is 12.8 Å². The average molecular weight is 363 g/mol. The summed E-state index contributed by atoms with van der Waals surface area (Å²) in [5.41, 5.74) is 1.52. The van der Waals surface area contributed by atoms with Crippen molar-refractivity contribution in [3.63, 3.8) is 0 Å². The Labute approximate surface area is 128 Å². The standard InChI is InChI=1S/C13H19BrN2O3S/c1-10-5-12(14)7-13(6-10)15-20(18,19)16-4-2-3-11(8-16)9-17/h5-7,11,15,17H,2-4,8-9H2,1H3. The highest BCUT2D eigenvalue weighted by atomic mass is 79.9. The van der Waals surface area contributed by atoms with Gasteiger partial charge in [-0.25, -0.2) is 0 Å². The summed E-state index contributed by atoms with van der Waals surface area (Å²) in [7, 11) is -3.56. The van der Waals surface area contributed by atoms with Gasteiger partial charge >= 0.3 is 10.2 Å². The highest BCUT2D eigenvalue weighted by Crippen LogP contribution is 2.23. The van der Waals surface area contributed by atoms with Crippen LogP contribution in [0.5, 0.6) is 0 Å². The van der Waals surface area contributed by atoms with E-state index in [2.05, 4.69) is 20.7 Å². The van der Waals surface area contributed by atoms with E-state index in [0.717, 1.165) is 22.9 Å². The number of benzene rings is 1. The summed E-state index contributed by atoms with van der Waals surface area (Å²) >= 11 is 3.36. The number of anilines is 1. The molecule has 0 amide bonds. The molecule has 0 bridgehead atoms. The van der Waals surface area contributed by atoms with Crippen molar-refractivity contribution in [1.29, 1.82) is 0 Å². The topological polar surface area (TPSA) is 69.6 Å². The second kappa shape index (κ2) is 6.43. The Kier molecular flexibility index (Phi) is 5.06. The van der Waals surface area contributed by atoms with E-state index in [0.29, 0.717) is 18.8 Å². The lowest BCUT2D eigenvalue weighted by atomic mass is 10.0. The molecular weight excluding hydrogens is 344 g/mol. The van der Waals surface area contributed by atoms with Crippen LogP contribution in [-0.4, -0.2) is 37.5 Å². The van der Waals surface area contributed by atoms with Gasteiger partial charge in [-0.2, -0.15) is 12.7 Å². The van der Waals surface area contributed by atoms with Gasteiger partial charge < -0.3 is 5.11 Å². The van der Waals surface area contributed by atoms with Crippen molar-refractivity contribution >= 4 is 31.8 Å². The maximum atomic E-state index is 12.4. The van der Waals surface area contributed by atoms with Crippen LogP contribution in [0.1, 0.15) is 18.4 Å². The van der Waals surface area contributed by atoms with Gasteiger partial charge in [-0.3, -0.25) is 4.72 Å². The molecule has 20 heavy (non-hydrogen) atoms. The molecule has 112 valence electrons. The first-order valence-electron chi connectivity index (χ1n) is 6.56. The molecule has 2 rings (SSSR count). The van der Waals surface area contributed by atoms with Gasteiger partial charge in [0.15, 0.2) is 0 Å². The Balaban J connectivity index is 2.14. The molecule has 1 fully saturated rings. The zero-order valence-corrected chi connectivity index (χ0v) is 13.7. The maximum Gasteiger partial charge on any atom is 0.301 e. The second-order valence-corrected chi connectivity index (χ2v) is 7.76. The van der Waals surface area contributed by atoms with Crippen molar-refractivity contribution in [2.75, 3.05) is 24.4 Å². The van der Waals surface area contributed by atoms with E-state index < -0.39 is 10.2 Å². The second-order valence-electron chi connectivity index (χ2n) is 5.17. The number of nitrogens with zero attached hydrogens (tertiary/aromatic N) is 1. The Morgan fingerprint density at radius 3 is 2.85 bits per heavy atom. The van der Waals surface area contributed by atoms with Crippen molar-refractivity contribution in [2.45, 2.75) is 19.8 Å². The molecule has 1 unspecified atom stereocenters. The minimum Gasteiger partial charge on any atom is -0.396 e. The largest absolute Gasteiger partial charge is 0.396 e. The van der Waals surface area contributed by atoms with Crippen molar-refractivity contribution in [2.24, 2.45) is 5.92 Å². The van der Waals surface area contributed by atoms with Crippen LogP contribution >= 0.6 is 15.9 Å². The molecule has 1 atom stereocenters. The average Bonchev–Trinajstić information content (AvgIpc) is 2.37. The molecule has 0 saturated carbocycles. The fourth-order valence-corrected chi connectivity index (χ4v) is 4.33. The lowest BCUT2D eigenvalue weighted by Gasteiger charge is -2.31. The van der Waals surface area contributed by atoms with Crippen LogP contribution in [0.25, 0.3) is 0 Å². The maximum absolute atomic E-state index is 12.4. The first-order chi connectivity index (χ1) is 9.40. The van der Waals surface area contributed by atoms with Crippen molar-refractivity contribution in [3.8, 4) is 0 Å². The fourth-order valence-electron chi connectivity index (χ4n) is 2.40. The number of halogens is 1. The molecule has 2 N–H and O–H groups in total. The minimum atomic E-state index is -3.56. The van der Waals surface area contributed by atoms with Crippen molar-refractivity contribution in [1.82, 2.24) is 4.31 Å². The SMILES string of the molecule is Cc1cc(Br)cc(NS(=O)(=O)N2CCCC(CO)C2)c1. The van der Waals surface area contributed by atoms with Crippen LogP contribution < -0.4 is 4.72 Å². The molecule has 1 aliphatic heterocycles. The van der Waals surface area contributed by atoms with E-state index in [1.807, 2.05) is 13.0 Å². The third-order valence-corrected chi connectivity index (χ3v) is 5.33. The Bertz CT molecular complexity index is 557. The first kappa shape index (κ1) is 15.8. The van der Waals surface area contributed by atoms with E-state index in [9.17, 15) is 13.5 Å². The highest BCUT2D eigenvalue weighted by molar-refractivity contribution is 9.10. The van der Waals surface area contributed by atoms with Gasteiger partial charge in [0.05, 0.1) is 5.69 Å². The molecule has 0 aromatic heterocycles. The van der Waals surface area contributed by atoms with Crippen molar-refractivity contribution < 1.29 is 13.5 Å². The number of aliphatic hydroxyl groups is 1. The zero-order chi connectivity index (χ0) is 14.8. The number of aliphatic hydroxyl groups excluding tert-OH is 1. The van der Waals surface area contributed by atoms with Gasteiger partial charge in [-0.05, 0) is 49.4 Å². The van der Waals surface area contributed by atoms with Crippen LogP contribution in [0.3, 0.4) is 0 Å². The molecule has 0 spiro atoms. The summed E-state index contributed by atoms with van der Waals surface area (Å²) in [5.74, 6) is 0.0320. The van der Waals surface area contributed by atoms with Crippen LogP contribution in [-0.2, 0) is 10.2 Å². The summed E-state index contributed by atoms with van der Waals surface area (Å²) in [5, 5.41) is 9.19. The third-order valence-electron chi connectivity index (χ3n) is 3.37. The van der Waals surface area contributed by atoms with Crippen LogP contribution in [0.4, 0.5) is 5.69 Å². The van der Waals surface area contributed by atoms with Gasteiger partial charge in [-0.1, -0.05) is 15.9 Å². The molecule has 5 nitrogen and oxygen atoms in total. The summed E-state index contributed by atoms with van der Waals surface area (Å²) in [6, 6.07) is 5.44. The third kappa shape index (κ3) is 3.94. The first-order valence-corrected chi connectivity index (χ1v) is 8.80. The monoisotopic (exact) mass is 362 g/mol. The van der Waals surface area contributed by atoms with Gasteiger partial charge in [0.2, 0.25) is 0 Å². The molecule has 0 aliphatic carbocycles. The molecule has 1 aromatic rings. The predicted octanol–water partition coefficient (Wildman–Crippen LogP) is 2.12. The fraction of sp³-hybridized carbons (Fsp3) is 0.538. The quantitative estimate of drug-likeness (QED) is 0.861. The highest BCUT2D eigenvalue weighted by Gasteiger charge is 2.28. The Morgan fingerprint density at radius 1 is 1.45 bits per heavy atom. The molecular formula is C13H19BrN2O3S. The van der Waals surface area contributed by atoms with Gasteiger partial charge in [0, 0.05) is 24.2 Å². The van der Waals surface area contributed by atoms with E-state index >= 15 is 0 Å². The van der Waals surface area contributed by atoms with Crippen LogP contribution in [0.15, 0.2) is 22.7 Å². The lowest BCUT2D eigenvalue weighted by Crippen LogP contribution is -2.43. The molecule has 1 aliphatic rings. The summed E-state index contributed by atoms with van der Waals surface area (Å²) in [4.78, 5) is 0. The van der Waals surface area contributed by atoms with E-state index in [1.165, 1.54) is 4.31 Å². The molecule has 1 aromatic carbocycles. The molecule has 1 saturated heterocycles. The molecule has 1 heterocycles. The zero-order valence-electron chi connectivity index (χ0n) is 11.3. The molecule has 0 radical (unpaired) electrons. The normalized spacial score (nSPS) is 20.9. The van der Waals surface area contributed by atoms with Crippen molar-refractivity contribution in [3.05, 3.63) is 28.2 Å². The number of piperidine rings is 1. The number of hydrogen-bond donors (Lipinski definition) is 2. The predicted molar refractivity (Wildman–Crippen MR) is 82.8 cm³/mol. The van der Waals surface area contributed by atoms with E-state index in [1.54, 1.807) is 12.1 Å².